The first-order valence-corrected chi connectivity index (χ1v) is 10.8. The van der Waals surface area contributed by atoms with Gasteiger partial charge < -0.3 is 14.8 Å². The molecule has 1 amide bonds. The van der Waals surface area contributed by atoms with Gasteiger partial charge in [0.25, 0.3) is 0 Å². The molecule has 8 heteroatoms. The van der Waals surface area contributed by atoms with E-state index in [0.29, 0.717) is 5.92 Å². The minimum absolute atomic E-state index is 0. The Morgan fingerprint density at radius 1 is 1.34 bits per heavy atom. The van der Waals surface area contributed by atoms with Crippen LogP contribution in [0, 0.1) is 24.2 Å². The van der Waals surface area contributed by atoms with Gasteiger partial charge in [-0.15, -0.1) is 11.3 Å². The predicted molar refractivity (Wildman–Crippen MR) is 117 cm³/mol. The lowest BCUT2D eigenvalue weighted by Gasteiger charge is -2.34. The number of piperazine rings is 1. The number of nitrogens with one attached hydrogen (secondary N) is 1. The summed E-state index contributed by atoms with van der Waals surface area (Å²) in [6, 6.07) is 6.37. The average molecular weight is 411 g/mol. The maximum absolute atomic E-state index is 10.9. The Hall–Kier alpha value is -2.92. The van der Waals surface area contributed by atoms with E-state index in [4.69, 9.17) is 5.26 Å². The van der Waals surface area contributed by atoms with Crippen molar-refractivity contribution >= 4 is 34.5 Å². The molecule has 1 saturated heterocycles. The summed E-state index contributed by atoms with van der Waals surface area (Å²) in [4.78, 5) is 27.3. The van der Waals surface area contributed by atoms with Crippen molar-refractivity contribution in [1.82, 2.24) is 19.9 Å². The Labute approximate surface area is 175 Å². The molecule has 0 aromatic carbocycles. The Morgan fingerprint density at radius 3 is 2.69 bits per heavy atom. The molecular weight excluding hydrogens is 384 g/mol. The molecule has 29 heavy (non-hydrogen) atoms. The molecule has 1 aliphatic heterocycles. The lowest BCUT2D eigenvalue weighted by Crippen LogP contribution is -2.45. The molecule has 5 rings (SSSR count). The van der Waals surface area contributed by atoms with Crippen molar-refractivity contribution in [2.45, 2.75) is 26.2 Å². The van der Waals surface area contributed by atoms with E-state index in [2.05, 4.69) is 37.4 Å². The van der Waals surface area contributed by atoms with E-state index in [9.17, 15) is 4.79 Å². The average Bonchev–Trinajstić information content (AvgIpc) is 3.33. The van der Waals surface area contributed by atoms with Crippen molar-refractivity contribution in [2.75, 3.05) is 31.1 Å². The maximum atomic E-state index is 10.9. The van der Waals surface area contributed by atoms with Crippen LogP contribution in [0.15, 0.2) is 23.7 Å². The third-order valence-electron chi connectivity index (χ3n) is 5.50. The topological polar surface area (TPSA) is 88.9 Å². The van der Waals surface area contributed by atoms with Gasteiger partial charge in [0, 0.05) is 56.2 Å². The molecule has 3 aromatic rings. The number of aromatic nitrogens is 3. The Morgan fingerprint density at radius 2 is 2.14 bits per heavy atom. The zero-order chi connectivity index (χ0) is 20.2. The summed E-state index contributed by atoms with van der Waals surface area (Å²) in [5.41, 5.74) is 3.99. The lowest BCUT2D eigenvalue weighted by atomic mass is 9.87. The number of hydrogen-bond acceptors (Lipinski definition) is 6. The number of carbonyl (C=O) groups excluding carboxylic acids is 1. The Balaban J connectivity index is 0.000000317. The fourth-order valence-corrected chi connectivity index (χ4v) is 4.13. The molecule has 2 aliphatic rings. The molecular formula is C21H26N6OS. The van der Waals surface area contributed by atoms with Crippen LogP contribution in [-0.2, 0) is 4.79 Å². The summed E-state index contributed by atoms with van der Waals surface area (Å²) in [5.74, 6) is 0.421. The number of H-pyrrole nitrogens is 1. The van der Waals surface area contributed by atoms with Gasteiger partial charge in [0.1, 0.15) is 5.65 Å². The van der Waals surface area contributed by atoms with Gasteiger partial charge in [-0.25, -0.2) is 9.97 Å². The first-order valence-electron chi connectivity index (χ1n) is 9.92. The largest absolute Gasteiger partial charge is 0.367 e. The van der Waals surface area contributed by atoms with Gasteiger partial charge in [0.2, 0.25) is 6.41 Å². The van der Waals surface area contributed by atoms with Crippen LogP contribution in [0.2, 0.25) is 0 Å². The number of thiazole rings is 1. The number of pyridine rings is 1. The normalized spacial score (nSPS) is 16.7. The predicted octanol–water partition coefficient (Wildman–Crippen LogP) is 3.83. The van der Waals surface area contributed by atoms with Gasteiger partial charge >= 0.3 is 0 Å². The summed E-state index contributed by atoms with van der Waals surface area (Å²) >= 11 is 1.64. The molecule has 3 aromatic heterocycles. The van der Waals surface area contributed by atoms with Gasteiger partial charge in [-0.05, 0) is 31.9 Å². The molecule has 2 fully saturated rings. The second-order valence-electron chi connectivity index (χ2n) is 7.41. The highest BCUT2D eigenvalue weighted by Crippen LogP contribution is 2.31. The quantitative estimate of drug-likeness (QED) is 0.663. The molecule has 0 atom stereocenters. The van der Waals surface area contributed by atoms with E-state index >= 15 is 0 Å². The maximum Gasteiger partial charge on any atom is 0.209 e. The van der Waals surface area contributed by atoms with E-state index in [1.807, 2.05) is 24.1 Å². The summed E-state index contributed by atoms with van der Waals surface area (Å²) in [6.07, 6.45) is 6.33. The highest BCUT2D eigenvalue weighted by atomic mass is 32.1. The summed E-state index contributed by atoms with van der Waals surface area (Å²) < 4.78 is 0. The van der Waals surface area contributed by atoms with Crippen LogP contribution in [0.1, 0.15) is 25.7 Å². The minimum atomic E-state index is 0. The number of rotatable bonds is 3. The van der Waals surface area contributed by atoms with Crippen LogP contribution in [0.5, 0.6) is 0 Å². The molecule has 0 unspecified atom stereocenters. The highest BCUT2D eigenvalue weighted by Gasteiger charge is 2.19. The van der Waals surface area contributed by atoms with Crippen LogP contribution in [-0.4, -0.2) is 52.4 Å². The number of carbonyl (C=O) groups is 1. The highest BCUT2D eigenvalue weighted by molar-refractivity contribution is 7.09. The number of amides is 1. The second-order valence-corrected chi connectivity index (χ2v) is 8.47. The van der Waals surface area contributed by atoms with E-state index in [1.54, 1.807) is 11.3 Å². The molecule has 0 radical (unpaired) electrons. The molecule has 0 bridgehead atoms. The van der Waals surface area contributed by atoms with E-state index in [0.717, 1.165) is 78.5 Å². The molecule has 0 spiro atoms. The zero-order valence-electron chi connectivity index (χ0n) is 16.5. The van der Waals surface area contributed by atoms with Crippen molar-refractivity contribution in [1.29, 1.82) is 5.26 Å². The van der Waals surface area contributed by atoms with Crippen molar-refractivity contribution < 1.29 is 6.22 Å². The van der Waals surface area contributed by atoms with Crippen LogP contribution in [0.4, 0.5) is 5.69 Å². The fourth-order valence-electron chi connectivity index (χ4n) is 3.52. The summed E-state index contributed by atoms with van der Waals surface area (Å²) in [5, 5.41) is 12.4. The third kappa shape index (κ3) is 4.25. The standard InChI is InChI=1S/C16H17N5OS.C5H7N.H2/c1-11-18-14(9-23-11)13-8-12-15(2-3-17-16(12)19-13)21-6-4-20(10-22)5-7-21;6-4-5-2-1-3-5;/h2-3,8-10H,4-7H2,1H3,(H,17,19);5H,1-3H2;1H. The van der Waals surface area contributed by atoms with Gasteiger partial charge in [0.15, 0.2) is 0 Å². The van der Waals surface area contributed by atoms with Crippen LogP contribution < -0.4 is 4.90 Å². The van der Waals surface area contributed by atoms with Gasteiger partial charge in [-0.2, -0.15) is 5.26 Å². The fraction of sp³-hybridized carbons (Fsp3) is 0.429. The molecule has 1 N–H and O–H groups in total. The first kappa shape index (κ1) is 19.4. The zero-order valence-corrected chi connectivity index (χ0v) is 17.3. The molecule has 1 aliphatic carbocycles. The Bertz CT molecular complexity index is 1030. The third-order valence-corrected chi connectivity index (χ3v) is 6.27. The first-order chi connectivity index (χ1) is 14.2. The van der Waals surface area contributed by atoms with Crippen LogP contribution >= 0.6 is 11.3 Å². The van der Waals surface area contributed by atoms with Crippen molar-refractivity contribution in [2.24, 2.45) is 5.92 Å². The number of anilines is 1. The number of nitrogens with zero attached hydrogens (tertiary/aromatic N) is 5. The summed E-state index contributed by atoms with van der Waals surface area (Å²) in [6.45, 7) is 5.21. The Kier molecular flexibility index (Phi) is 5.76. The number of nitriles is 1. The molecule has 7 nitrogen and oxygen atoms in total. The van der Waals surface area contributed by atoms with E-state index < -0.39 is 0 Å². The van der Waals surface area contributed by atoms with Crippen molar-refractivity contribution in [3.05, 3.63) is 28.7 Å². The summed E-state index contributed by atoms with van der Waals surface area (Å²) in [7, 11) is 0. The number of fused-ring (bicyclic) bond motifs is 1. The monoisotopic (exact) mass is 410 g/mol. The van der Waals surface area contributed by atoms with Crippen molar-refractivity contribution in [3.8, 4) is 17.5 Å². The molecule has 4 heterocycles. The number of aromatic amines is 1. The van der Waals surface area contributed by atoms with Crippen molar-refractivity contribution in [3.63, 3.8) is 0 Å². The second kappa shape index (κ2) is 8.62. The van der Waals surface area contributed by atoms with E-state index in [1.165, 1.54) is 6.42 Å². The van der Waals surface area contributed by atoms with Gasteiger partial charge in [-0.3, -0.25) is 4.79 Å². The van der Waals surface area contributed by atoms with Crippen LogP contribution in [0.25, 0.3) is 22.4 Å². The molecule has 1 saturated carbocycles. The number of aryl methyl sites for hydroxylation is 1. The lowest BCUT2D eigenvalue weighted by molar-refractivity contribution is -0.118. The SMILES string of the molecule is Cc1nc(-c2cc3c(N4CCN(C=O)CC4)ccnc3[nH]2)cs1.N#CC1CCC1.[HH]. The minimum Gasteiger partial charge on any atom is -0.367 e. The van der Waals surface area contributed by atoms with Gasteiger partial charge in [-0.1, -0.05) is 6.42 Å². The van der Waals surface area contributed by atoms with Gasteiger partial charge in [0.05, 0.1) is 22.5 Å². The van der Waals surface area contributed by atoms with E-state index in [-0.39, 0.29) is 1.43 Å². The smallest absolute Gasteiger partial charge is 0.209 e. The number of hydrogen-bond donors (Lipinski definition) is 1. The van der Waals surface area contributed by atoms with Crippen LogP contribution in [0.3, 0.4) is 0 Å². The molecule has 152 valence electrons.